The first-order valence-electron chi connectivity index (χ1n) is 6.78. The molecule has 0 saturated carbocycles. The second kappa shape index (κ2) is 6.10. The fourth-order valence-corrected chi connectivity index (χ4v) is 2.06. The number of nitro groups is 1. The van der Waals surface area contributed by atoms with E-state index in [4.69, 9.17) is 0 Å². The van der Waals surface area contributed by atoms with E-state index in [0.717, 1.165) is 16.9 Å². The maximum absolute atomic E-state index is 11.0. The fraction of sp³-hybridized carbons (Fsp3) is 0. The Bertz CT molecular complexity index is 866. The summed E-state index contributed by atoms with van der Waals surface area (Å²) >= 11 is 0. The predicted molar refractivity (Wildman–Crippen MR) is 86.7 cm³/mol. The highest BCUT2D eigenvalue weighted by Gasteiger charge is 2.04. The molecule has 1 heterocycles. The molecule has 0 bridgehead atoms. The number of rotatable bonds is 4. The first kappa shape index (κ1) is 14.5. The van der Waals surface area contributed by atoms with Crippen molar-refractivity contribution in [1.82, 2.24) is 9.97 Å². The van der Waals surface area contributed by atoms with Crippen molar-refractivity contribution >= 4 is 17.1 Å². The lowest BCUT2D eigenvalue weighted by atomic mass is 10.1. The zero-order valence-corrected chi connectivity index (χ0v) is 11.9. The summed E-state index contributed by atoms with van der Waals surface area (Å²) in [5, 5.41) is 13.8. The Kier molecular flexibility index (Phi) is 3.84. The molecule has 114 valence electrons. The van der Waals surface area contributed by atoms with Gasteiger partial charge >= 0.3 is 0 Å². The largest absolute Gasteiger partial charge is 0.356 e. The van der Waals surface area contributed by atoms with Crippen molar-refractivity contribution in [3.63, 3.8) is 0 Å². The Labute approximate surface area is 130 Å². The minimum atomic E-state index is -0.435. The lowest BCUT2D eigenvalue weighted by molar-refractivity contribution is -0.384. The number of hydrogen-bond donors (Lipinski definition) is 2. The van der Waals surface area contributed by atoms with Gasteiger partial charge in [-0.3, -0.25) is 14.9 Å². The average molecular weight is 308 g/mol. The number of nitrogens with one attached hydrogen (secondary N) is 2. The van der Waals surface area contributed by atoms with Gasteiger partial charge in [0.2, 0.25) is 0 Å². The molecule has 2 N–H and O–H groups in total. The number of aromatic nitrogens is 2. The third kappa shape index (κ3) is 3.41. The highest BCUT2D eigenvalue weighted by Crippen LogP contribution is 2.22. The van der Waals surface area contributed by atoms with Crippen LogP contribution in [0.3, 0.4) is 0 Å². The molecule has 0 saturated heterocycles. The molecule has 0 atom stereocenters. The molecule has 0 amide bonds. The summed E-state index contributed by atoms with van der Waals surface area (Å²) in [6.45, 7) is 0. The van der Waals surface area contributed by atoms with Gasteiger partial charge in [-0.15, -0.1) is 0 Å². The van der Waals surface area contributed by atoms with Crippen LogP contribution in [0.4, 0.5) is 17.1 Å². The van der Waals surface area contributed by atoms with Crippen LogP contribution >= 0.6 is 0 Å². The molecule has 0 spiro atoms. The zero-order valence-electron chi connectivity index (χ0n) is 11.9. The third-order valence-electron chi connectivity index (χ3n) is 3.22. The second-order valence-corrected chi connectivity index (χ2v) is 4.80. The van der Waals surface area contributed by atoms with Crippen LogP contribution in [-0.4, -0.2) is 14.9 Å². The van der Waals surface area contributed by atoms with Crippen molar-refractivity contribution in [2.75, 3.05) is 5.32 Å². The average Bonchev–Trinajstić information content (AvgIpc) is 2.57. The van der Waals surface area contributed by atoms with Gasteiger partial charge in [-0.05, 0) is 24.3 Å². The second-order valence-electron chi connectivity index (χ2n) is 4.80. The Hall–Kier alpha value is -3.48. The van der Waals surface area contributed by atoms with Gasteiger partial charge in [-0.2, -0.15) is 0 Å². The lowest BCUT2D eigenvalue weighted by Gasteiger charge is -2.07. The monoisotopic (exact) mass is 308 g/mol. The van der Waals surface area contributed by atoms with E-state index in [1.54, 1.807) is 18.3 Å². The van der Waals surface area contributed by atoms with Gasteiger partial charge in [0.1, 0.15) is 0 Å². The molecule has 0 aliphatic carbocycles. The molecule has 0 fully saturated rings. The topological polar surface area (TPSA) is 101 Å². The van der Waals surface area contributed by atoms with Gasteiger partial charge in [0.25, 0.3) is 11.2 Å². The van der Waals surface area contributed by atoms with Crippen molar-refractivity contribution in [3.8, 4) is 11.3 Å². The number of H-pyrrole nitrogens is 1. The Morgan fingerprint density at radius 1 is 1.00 bits per heavy atom. The number of aromatic amines is 1. The summed E-state index contributed by atoms with van der Waals surface area (Å²) in [5.74, 6) is 0. The molecule has 0 radical (unpaired) electrons. The smallest absolute Gasteiger partial charge is 0.269 e. The fourth-order valence-electron chi connectivity index (χ4n) is 2.06. The van der Waals surface area contributed by atoms with Crippen molar-refractivity contribution in [2.24, 2.45) is 0 Å². The first-order valence-corrected chi connectivity index (χ1v) is 6.78. The quantitative estimate of drug-likeness (QED) is 0.569. The van der Waals surface area contributed by atoms with Crippen molar-refractivity contribution in [3.05, 3.63) is 81.4 Å². The number of hydrogen-bond acceptors (Lipinski definition) is 5. The number of nitrogens with zero attached hydrogens (tertiary/aromatic N) is 2. The third-order valence-corrected chi connectivity index (χ3v) is 3.22. The van der Waals surface area contributed by atoms with Crippen molar-refractivity contribution < 1.29 is 4.92 Å². The van der Waals surface area contributed by atoms with Crippen LogP contribution in [0.25, 0.3) is 11.3 Å². The molecule has 1 aromatic heterocycles. The standard InChI is InChI=1S/C16H12N4O3/c21-16-10-17-15(9-18-16)11-1-3-12(4-2-11)19-13-5-7-14(8-6-13)20(22)23/h1-10,19H,(H,18,21). The maximum Gasteiger partial charge on any atom is 0.269 e. The minimum absolute atomic E-state index is 0.0510. The number of non-ortho nitro benzene ring substituents is 1. The van der Waals surface area contributed by atoms with Gasteiger partial charge in [-0.25, -0.2) is 4.98 Å². The van der Waals surface area contributed by atoms with E-state index in [0.29, 0.717) is 5.69 Å². The van der Waals surface area contributed by atoms with E-state index in [1.807, 2.05) is 24.3 Å². The van der Waals surface area contributed by atoms with E-state index >= 15 is 0 Å². The molecule has 0 aliphatic heterocycles. The summed E-state index contributed by atoms with van der Waals surface area (Å²) in [5.41, 5.74) is 2.94. The van der Waals surface area contributed by atoms with Crippen LogP contribution in [0.15, 0.2) is 65.7 Å². The van der Waals surface area contributed by atoms with E-state index in [1.165, 1.54) is 18.3 Å². The van der Waals surface area contributed by atoms with Crippen LogP contribution in [0.2, 0.25) is 0 Å². The van der Waals surface area contributed by atoms with Crippen molar-refractivity contribution in [2.45, 2.75) is 0 Å². The molecule has 23 heavy (non-hydrogen) atoms. The van der Waals surface area contributed by atoms with E-state index in [-0.39, 0.29) is 11.2 Å². The van der Waals surface area contributed by atoms with Crippen LogP contribution in [0.5, 0.6) is 0 Å². The molecule has 7 heteroatoms. The Morgan fingerprint density at radius 3 is 2.13 bits per heavy atom. The highest BCUT2D eigenvalue weighted by atomic mass is 16.6. The highest BCUT2D eigenvalue weighted by molar-refractivity contribution is 5.66. The summed E-state index contributed by atoms with van der Waals surface area (Å²) in [7, 11) is 0. The molecule has 0 aliphatic rings. The van der Waals surface area contributed by atoms with E-state index in [9.17, 15) is 14.9 Å². The number of nitro benzene ring substituents is 1. The van der Waals surface area contributed by atoms with E-state index in [2.05, 4.69) is 15.3 Å². The molecule has 0 unspecified atom stereocenters. The van der Waals surface area contributed by atoms with Crippen LogP contribution in [0, 0.1) is 10.1 Å². The van der Waals surface area contributed by atoms with Gasteiger partial charge < -0.3 is 10.3 Å². The molecular formula is C16H12N4O3. The summed E-state index contributed by atoms with van der Waals surface area (Å²) < 4.78 is 0. The van der Waals surface area contributed by atoms with Crippen LogP contribution in [-0.2, 0) is 0 Å². The molecular weight excluding hydrogens is 296 g/mol. The van der Waals surface area contributed by atoms with Crippen LogP contribution < -0.4 is 10.9 Å². The van der Waals surface area contributed by atoms with Crippen LogP contribution in [0.1, 0.15) is 0 Å². The van der Waals surface area contributed by atoms with Gasteiger partial charge in [0, 0.05) is 35.3 Å². The lowest BCUT2D eigenvalue weighted by Crippen LogP contribution is -2.04. The molecule has 3 aromatic rings. The van der Waals surface area contributed by atoms with Gasteiger partial charge in [-0.1, -0.05) is 12.1 Å². The number of anilines is 2. The van der Waals surface area contributed by atoms with E-state index < -0.39 is 4.92 Å². The Balaban J connectivity index is 1.75. The molecule has 3 rings (SSSR count). The summed E-state index contributed by atoms with van der Waals surface area (Å²) in [6.07, 6.45) is 2.79. The SMILES string of the molecule is O=c1cnc(-c2ccc(Nc3ccc([N+](=O)[O-])cc3)cc2)c[nH]1. The van der Waals surface area contributed by atoms with Gasteiger partial charge in [0.05, 0.1) is 16.8 Å². The normalized spacial score (nSPS) is 10.3. The van der Waals surface area contributed by atoms with Crippen molar-refractivity contribution in [1.29, 1.82) is 0 Å². The summed E-state index contributed by atoms with van der Waals surface area (Å²) in [4.78, 5) is 27.8. The first-order chi connectivity index (χ1) is 11.1. The molecule has 2 aromatic carbocycles. The Morgan fingerprint density at radius 2 is 1.61 bits per heavy atom. The zero-order chi connectivity index (χ0) is 16.2. The van der Waals surface area contributed by atoms with Gasteiger partial charge in [0.15, 0.2) is 0 Å². The maximum atomic E-state index is 11.0. The summed E-state index contributed by atoms with van der Waals surface area (Å²) in [6, 6.07) is 13.7. The molecule has 7 nitrogen and oxygen atoms in total. The minimum Gasteiger partial charge on any atom is -0.356 e. The number of benzene rings is 2. The predicted octanol–water partition coefficient (Wildman–Crippen LogP) is 3.09.